The van der Waals surface area contributed by atoms with Crippen LogP contribution in [0.4, 0.5) is 0 Å². The summed E-state index contributed by atoms with van der Waals surface area (Å²) in [5.41, 5.74) is 3.22. The molecule has 1 fully saturated rings. The molecule has 21 heavy (non-hydrogen) atoms. The zero-order chi connectivity index (χ0) is 15.5. The average Bonchev–Trinajstić information content (AvgIpc) is 2.88. The summed E-state index contributed by atoms with van der Waals surface area (Å²) in [6.45, 7) is 13.1. The maximum Gasteiger partial charge on any atom is 0.0329 e. The van der Waals surface area contributed by atoms with E-state index in [-0.39, 0.29) is 0 Å². The quantitative estimate of drug-likeness (QED) is 0.880. The first-order valence-corrected chi connectivity index (χ1v) is 8.36. The maximum absolute atomic E-state index is 3.48. The highest BCUT2D eigenvalue weighted by Crippen LogP contribution is 2.33. The Morgan fingerprint density at radius 2 is 2.10 bits per heavy atom. The van der Waals surface area contributed by atoms with Crippen molar-refractivity contribution in [3.8, 4) is 0 Å². The molecule has 0 radical (unpaired) electrons. The number of hydrogen-bond acceptors (Lipinski definition) is 2. The molecule has 2 atom stereocenters. The third-order valence-electron chi connectivity index (χ3n) is 5.02. The molecule has 0 spiro atoms. The van der Waals surface area contributed by atoms with E-state index in [0.29, 0.717) is 11.5 Å². The molecule has 0 aliphatic carbocycles. The van der Waals surface area contributed by atoms with Gasteiger partial charge in [-0.3, -0.25) is 0 Å². The smallest absolute Gasteiger partial charge is 0.0329 e. The Morgan fingerprint density at radius 3 is 2.67 bits per heavy atom. The van der Waals surface area contributed by atoms with E-state index < -0.39 is 0 Å². The van der Waals surface area contributed by atoms with Gasteiger partial charge >= 0.3 is 0 Å². The summed E-state index contributed by atoms with van der Waals surface area (Å²) in [6, 6.07) is 9.36. The Morgan fingerprint density at radius 1 is 1.33 bits per heavy atom. The fourth-order valence-electron chi connectivity index (χ4n) is 3.42. The number of hydrogen-bond donors (Lipinski definition) is 1. The molecular formula is C19H32N2. The van der Waals surface area contributed by atoms with Gasteiger partial charge in [0.2, 0.25) is 0 Å². The van der Waals surface area contributed by atoms with Gasteiger partial charge in [0.05, 0.1) is 0 Å². The van der Waals surface area contributed by atoms with Gasteiger partial charge in [0, 0.05) is 12.6 Å². The van der Waals surface area contributed by atoms with Gasteiger partial charge in [-0.25, -0.2) is 0 Å². The van der Waals surface area contributed by atoms with E-state index in [1.165, 1.54) is 43.6 Å². The molecule has 118 valence electrons. The molecule has 0 bridgehead atoms. The molecule has 1 aromatic rings. The van der Waals surface area contributed by atoms with Crippen LogP contribution < -0.4 is 5.32 Å². The number of likely N-dealkylation sites (tertiary alicyclic amines) is 1. The first-order chi connectivity index (χ1) is 9.90. The minimum absolute atomic E-state index is 0.452. The van der Waals surface area contributed by atoms with Gasteiger partial charge in [-0.15, -0.1) is 0 Å². The van der Waals surface area contributed by atoms with E-state index in [1.807, 2.05) is 0 Å². The van der Waals surface area contributed by atoms with Crippen molar-refractivity contribution in [1.29, 1.82) is 0 Å². The summed E-state index contributed by atoms with van der Waals surface area (Å²) in [6.07, 6.45) is 2.55. The summed E-state index contributed by atoms with van der Waals surface area (Å²) in [7, 11) is 2.08. The minimum Gasteiger partial charge on any atom is -0.313 e. The first kappa shape index (κ1) is 16.5. The third kappa shape index (κ3) is 4.55. The molecule has 2 rings (SSSR count). The maximum atomic E-state index is 3.48. The third-order valence-corrected chi connectivity index (χ3v) is 5.02. The summed E-state index contributed by atoms with van der Waals surface area (Å²) < 4.78 is 0. The van der Waals surface area contributed by atoms with Crippen molar-refractivity contribution in [3.63, 3.8) is 0 Å². The Bertz CT molecular complexity index is 447. The molecule has 0 aromatic heterocycles. The predicted octanol–water partition coefficient (Wildman–Crippen LogP) is 4.01. The van der Waals surface area contributed by atoms with Crippen LogP contribution in [-0.4, -0.2) is 31.6 Å². The Kier molecular flexibility index (Phi) is 5.45. The molecule has 2 unspecified atom stereocenters. The van der Waals surface area contributed by atoms with Crippen LogP contribution >= 0.6 is 0 Å². The summed E-state index contributed by atoms with van der Waals surface area (Å²) >= 11 is 0. The molecule has 1 aromatic carbocycles. The van der Waals surface area contributed by atoms with Crippen molar-refractivity contribution in [3.05, 3.63) is 35.4 Å². The van der Waals surface area contributed by atoms with Gasteiger partial charge in [-0.05, 0) is 56.8 Å². The predicted molar refractivity (Wildman–Crippen MR) is 91.6 cm³/mol. The van der Waals surface area contributed by atoms with Gasteiger partial charge in [0.25, 0.3) is 0 Å². The SMILES string of the molecule is CNC(CCN1CCC(C(C)(C)C)C1)c1cccc(C)c1. The van der Waals surface area contributed by atoms with Gasteiger partial charge in [-0.1, -0.05) is 50.6 Å². The molecule has 1 N–H and O–H groups in total. The monoisotopic (exact) mass is 288 g/mol. The highest BCUT2D eigenvalue weighted by atomic mass is 15.1. The Hall–Kier alpha value is -0.860. The second-order valence-corrected chi connectivity index (χ2v) is 7.70. The standard InChI is InChI=1S/C19H32N2/c1-15-7-6-8-16(13-15)18(20-5)10-12-21-11-9-17(14-21)19(2,3)4/h6-8,13,17-18,20H,9-12,14H2,1-5H3. The molecule has 1 aliphatic rings. The van der Waals surface area contributed by atoms with Crippen molar-refractivity contribution in [1.82, 2.24) is 10.2 Å². The number of nitrogens with one attached hydrogen (secondary N) is 1. The van der Waals surface area contributed by atoms with E-state index in [1.54, 1.807) is 0 Å². The molecular weight excluding hydrogens is 256 g/mol. The number of nitrogens with zero attached hydrogens (tertiary/aromatic N) is 1. The molecule has 0 amide bonds. The normalized spacial score (nSPS) is 21.7. The topological polar surface area (TPSA) is 15.3 Å². The van der Waals surface area contributed by atoms with E-state index in [2.05, 4.69) is 69.2 Å². The van der Waals surface area contributed by atoms with Crippen LogP contribution in [0.2, 0.25) is 0 Å². The van der Waals surface area contributed by atoms with Crippen LogP contribution in [-0.2, 0) is 0 Å². The van der Waals surface area contributed by atoms with E-state index in [9.17, 15) is 0 Å². The number of benzene rings is 1. The van der Waals surface area contributed by atoms with Crippen molar-refractivity contribution in [2.45, 2.75) is 46.6 Å². The Labute approximate surface area is 130 Å². The highest BCUT2D eigenvalue weighted by molar-refractivity contribution is 5.25. The molecule has 2 nitrogen and oxygen atoms in total. The lowest BCUT2D eigenvalue weighted by Crippen LogP contribution is -2.29. The molecule has 0 saturated carbocycles. The summed E-state index contributed by atoms with van der Waals surface area (Å²) in [5, 5.41) is 3.48. The van der Waals surface area contributed by atoms with Gasteiger partial charge in [0.15, 0.2) is 0 Å². The second-order valence-electron chi connectivity index (χ2n) is 7.70. The van der Waals surface area contributed by atoms with Gasteiger partial charge < -0.3 is 10.2 Å². The number of rotatable bonds is 5. The van der Waals surface area contributed by atoms with Crippen LogP contribution in [0.1, 0.15) is 50.8 Å². The van der Waals surface area contributed by atoms with Crippen molar-refractivity contribution >= 4 is 0 Å². The average molecular weight is 288 g/mol. The minimum atomic E-state index is 0.452. The Balaban J connectivity index is 1.87. The van der Waals surface area contributed by atoms with E-state index in [4.69, 9.17) is 0 Å². The van der Waals surface area contributed by atoms with Crippen molar-refractivity contribution in [2.75, 3.05) is 26.7 Å². The second kappa shape index (κ2) is 6.93. The zero-order valence-corrected chi connectivity index (χ0v) is 14.4. The lowest BCUT2D eigenvalue weighted by molar-refractivity contribution is 0.225. The fourth-order valence-corrected chi connectivity index (χ4v) is 3.42. The largest absolute Gasteiger partial charge is 0.313 e. The fraction of sp³-hybridized carbons (Fsp3) is 0.684. The van der Waals surface area contributed by atoms with Crippen LogP contribution in [0.3, 0.4) is 0 Å². The summed E-state index contributed by atoms with van der Waals surface area (Å²) in [4.78, 5) is 2.65. The van der Waals surface area contributed by atoms with E-state index in [0.717, 1.165) is 5.92 Å². The van der Waals surface area contributed by atoms with Gasteiger partial charge in [0.1, 0.15) is 0 Å². The van der Waals surface area contributed by atoms with Crippen LogP contribution in [0.25, 0.3) is 0 Å². The van der Waals surface area contributed by atoms with Crippen LogP contribution in [0.5, 0.6) is 0 Å². The van der Waals surface area contributed by atoms with Crippen LogP contribution in [0.15, 0.2) is 24.3 Å². The van der Waals surface area contributed by atoms with Crippen molar-refractivity contribution in [2.24, 2.45) is 11.3 Å². The number of aryl methyl sites for hydroxylation is 1. The van der Waals surface area contributed by atoms with Crippen molar-refractivity contribution < 1.29 is 0 Å². The first-order valence-electron chi connectivity index (χ1n) is 8.36. The molecule has 1 saturated heterocycles. The molecule has 1 aliphatic heterocycles. The van der Waals surface area contributed by atoms with Crippen LogP contribution in [0, 0.1) is 18.3 Å². The molecule has 1 heterocycles. The molecule has 2 heteroatoms. The van der Waals surface area contributed by atoms with E-state index >= 15 is 0 Å². The summed E-state index contributed by atoms with van der Waals surface area (Å²) in [5.74, 6) is 0.851. The lowest BCUT2D eigenvalue weighted by Gasteiger charge is -2.27. The highest BCUT2D eigenvalue weighted by Gasteiger charge is 2.31. The zero-order valence-electron chi connectivity index (χ0n) is 14.4. The lowest BCUT2D eigenvalue weighted by atomic mass is 9.80. The van der Waals surface area contributed by atoms with Gasteiger partial charge in [-0.2, -0.15) is 0 Å².